The third kappa shape index (κ3) is 3.36. The molecule has 2 unspecified atom stereocenters. The van der Waals surface area contributed by atoms with Crippen molar-refractivity contribution in [2.24, 2.45) is 0 Å². The number of allylic oxidation sites excluding steroid dienone is 1. The number of ether oxygens (including phenoxy) is 1. The average molecular weight is 205 g/mol. The number of hydrogen-bond acceptors (Lipinski definition) is 2. The van der Waals surface area contributed by atoms with Crippen molar-refractivity contribution in [2.75, 3.05) is 6.61 Å². The van der Waals surface area contributed by atoms with E-state index < -0.39 is 5.97 Å². The van der Waals surface area contributed by atoms with Crippen molar-refractivity contribution in [3.63, 3.8) is 0 Å². The van der Waals surface area contributed by atoms with E-state index in [1.54, 1.807) is 0 Å². The molecule has 1 rings (SSSR count). The summed E-state index contributed by atoms with van der Waals surface area (Å²) < 4.78 is 5.13. The summed E-state index contributed by atoms with van der Waals surface area (Å²) in [4.78, 5) is 10.2. The molecule has 3 nitrogen and oxygen atoms in total. The van der Waals surface area contributed by atoms with Gasteiger partial charge in [-0.2, -0.15) is 0 Å². The summed E-state index contributed by atoms with van der Waals surface area (Å²) in [7, 11) is 0. The van der Waals surface area contributed by atoms with Gasteiger partial charge in [-0.15, -0.1) is 11.6 Å². The van der Waals surface area contributed by atoms with E-state index in [0.29, 0.717) is 0 Å². The van der Waals surface area contributed by atoms with Gasteiger partial charge in [0.1, 0.15) is 6.61 Å². The fourth-order valence-electron chi connectivity index (χ4n) is 1.40. The Balaban J connectivity index is 2.33. The maximum atomic E-state index is 10.2. The molecule has 1 aliphatic carbocycles. The predicted octanol–water partition coefficient (Wildman–Crippen LogP) is 1.80. The Morgan fingerprint density at radius 3 is 3.00 bits per heavy atom. The van der Waals surface area contributed by atoms with Crippen LogP contribution < -0.4 is 0 Å². The predicted molar refractivity (Wildman–Crippen MR) is 50.0 cm³/mol. The zero-order valence-electron chi connectivity index (χ0n) is 7.33. The van der Waals surface area contributed by atoms with Crippen molar-refractivity contribution < 1.29 is 14.6 Å². The minimum Gasteiger partial charge on any atom is -0.480 e. The number of alkyl halides is 1. The van der Waals surface area contributed by atoms with Crippen LogP contribution in [-0.4, -0.2) is 29.2 Å². The molecule has 13 heavy (non-hydrogen) atoms. The normalized spacial score (nSPS) is 28.8. The molecule has 0 aromatic rings. The molecule has 1 saturated carbocycles. The lowest BCUT2D eigenvalue weighted by atomic mass is 9.93. The highest BCUT2D eigenvalue weighted by Gasteiger charge is 2.25. The topological polar surface area (TPSA) is 46.5 Å². The zero-order valence-corrected chi connectivity index (χ0v) is 8.09. The van der Waals surface area contributed by atoms with Crippen molar-refractivity contribution in [3.8, 4) is 0 Å². The Labute approximate surface area is 82.3 Å². The molecule has 0 heterocycles. The van der Waals surface area contributed by atoms with E-state index in [4.69, 9.17) is 21.4 Å². The van der Waals surface area contributed by atoms with Crippen LogP contribution in [0, 0.1) is 0 Å². The minimum absolute atomic E-state index is 0.124. The van der Waals surface area contributed by atoms with Gasteiger partial charge in [-0.1, -0.05) is 12.2 Å². The summed E-state index contributed by atoms with van der Waals surface area (Å²) in [6.45, 7) is 3.57. The van der Waals surface area contributed by atoms with Crippen LogP contribution in [-0.2, 0) is 9.53 Å². The SMILES string of the molecule is C=C1CCC(OCC(=O)O)C(Cl)C1. The highest BCUT2D eigenvalue weighted by Crippen LogP contribution is 2.28. The van der Waals surface area contributed by atoms with E-state index in [9.17, 15) is 4.79 Å². The third-order valence-electron chi connectivity index (χ3n) is 2.09. The van der Waals surface area contributed by atoms with Gasteiger partial charge in [0.15, 0.2) is 0 Å². The number of carbonyl (C=O) groups is 1. The maximum Gasteiger partial charge on any atom is 0.329 e. The second kappa shape index (κ2) is 4.63. The van der Waals surface area contributed by atoms with E-state index in [2.05, 4.69) is 6.58 Å². The van der Waals surface area contributed by atoms with Crippen LogP contribution in [0.1, 0.15) is 19.3 Å². The van der Waals surface area contributed by atoms with Crippen LogP contribution in [0.15, 0.2) is 12.2 Å². The van der Waals surface area contributed by atoms with Gasteiger partial charge < -0.3 is 9.84 Å². The lowest BCUT2D eigenvalue weighted by Gasteiger charge is -2.27. The Bertz CT molecular complexity index is 215. The molecule has 0 amide bonds. The van der Waals surface area contributed by atoms with E-state index in [0.717, 1.165) is 24.8 Å². The summed E-state index contributed by atoms with van der Waals surface area (Å²) in [6, 6.07) is 0. The Kier molecular flexibility index (Phi) is 3.75. The molecule has 1 N–H and O–H groups in total. The lowest BCUT2D eigenvalue weighted by molar-refractivity contribution is -0.144. The molecule has 1 aliphatic rings. The maximum absolute atomic E-state index is 10.2. The Morgan fingerprint density at radius 1 is 1.77 bits per heavy atom. The number of aliphatic carboxylic acids is 1. The fourth-order valence-corrected chi connectivity index (χ4v) is 1.82. The molecule has 2 atom stereocenters. The summed E-state index contributed by atoms with van der Waals surface area (Å²) >= 11 is 5.98. The second-order valence-corrected chi connectivity index (χ2v) is 3.81. The molecule has 0 radical (unpaired) electrons. The average Bonchev–Trinajstić information content (AvgIpc) is 2.02. The van der Waals surface area contributed by atoms with Crippen molar-refractivity contribution in [1.82, 2.24) is 0 Å². The molecule has 0 aromatic heterocycles. The van der Waals surface area contributed by atoms with Crippen LogP contribution >= 0.6 is 11.6 Å². The van der Waals surface area contributed by atoms with Gasteiger partial charge in [-0.25, -0.2) is 4.79 Å². The second-order valence-electron chi connectivity index (χ2n) is 3.25. The smallest absolute Gasteiger partial charge is 0.329 e. The fraction of sp³-hybridized carbons (Fsp3) is 0.667. The minimum atomic E-state index is -0.951. The van der Waals surface area contributed by atoms with Gasteiger partial charge >= 0.3 is 5.97 Å². The van der Waals surface area contributed by atoms with Gasteiger partial charge in [-0.3, -0.25) is 0 Å². The van der Waals surface area contributed by atoms with Gasteiger partial charge in [-0.05, 0) is 19.3 Å². The third-order valence-corrected chi connectivity index (χ3v) is 2.53. The zero-order chi connectivity index (χ0) is 9.84. The van der Waals surface area contributed by atoms with Gasteiger partial charge in [0, 0.05) is 0 Å². The monoisotopic (exact) mass is 204 g/mol. The van der Waals surface area contributed by atoms with Crippen LogP contribution in [0.25, 0.3) is 0 Å². The first-order valence-corrected chi connectivity index (χ1v) is 4.67. The standard InChI is InChI=1S/C9H13ClO3/c1-6-2-3-8(7(10)4-6)13-5-9(11)12/h7-8H,1-5H2,(H,11,12). The van der Waals surface area contributed by atoms with E-state index in [1.807, 2.05) is 0 Å². The van der Waals surface area contributed by atoms with E-state index in [-0.39, 0.29) is 18.1 Å². The number of carboxylic acids is 1. The van der Waals surface area contributed by atoms with Gasteiger partial charge in [0.2, 0.25) is 0 Å². The first-order chi connectivity index (χ1) is 6.09. The van der Waals surface area contributed by atoms with Crippen molar-refractivity contribution in [2.45, 2.75) is 30.7 Å². The largest absolute Gasteiger partial charge is 0.480 e. The van der Waals surface area contributed by atoms with E-state index >= 15 is 0 Å². The van der Waals surface area contributed by atoms with Crippen molar-refractivity contribution >= 4 is 17.6 Å². The number of hydrogen-bond donors (Lipinski definition) is 1. The molecule has 0 aromatic carbocycles. The Hall–Kier alpha value is -0.540. The quantitative estimate of drug-likeness (QED) is 0.563. The molecule has 74 valence electrons. The highest BCUT2D eigenvalue weighted by atomic mass is 35.5. The van der Waals surface area contributed by atoms with Crippen molar-refractivity contribution in [1.29, 1.82) is 0 Å². The molecule has 0 aliphatic heterocycles. The van der Waals surface area contributed by atoms with Crippen LogP contribution in [0.3, 0.4) is 0 Å². The Morgan fingerprint density at radius 2 is 2.46 bits per heavy atom. The summed E-state index contributed by atoms with van der Waals surface area (Å²) in [5.41, 5.74) is 1.12. The number of halogens is 1. The first-order valence-electron chi connectivity index (χ1n) is 4.23. The van der Waals surface area contributed by atoms with Gasteiger partial charge in [0.05, 0.1) is 11.5 Å². The summed E-state index contributed by atoms with van der Waals surface area (Å²) in [6.07, 6.45) is 2.25. The number of carboxylic acid groups (broad SMARTS) is 1. The van der Waals surface area contributed by atoms with Crippen LogP contribution in [0.2, 0.25) is 0 Å². The number of rotatable bonds is 3. The van der Waals surface area contributed by atoms with E-state index in [1.165, 1.54) is 0 Å². The summed E-state index contributed by atoms with van der Waals surface area (Å²) in [5.74, 6) is -0.951. The van der Waals surface area contributed by atoms with Gasteiger partial charge in [0.25, 0.3) is 0 Å². The molecule has 0 saturated heterocycles. The molecule has 1 fully saturated rings. The van der Waals surface area contributed by atoms with Crippen molar-refractivity contribution in [3.05, 3.63) is 12.2 Å². The van der Waals surface area contributed by atoms with Crippen LogP contribution in [0.5, 0.6) is 0 Å². The molecule has 0 bridgehead atoms. The lowest BCUT2D eigenvalue weighted by Crippen LogP contribution is -2.30. The molecule has 0 spiro atoms. The molecule has 4 heteroatoms. The highest BCUT2D eigenvalue weighted by molar-refractivity contribution is 6.21. The molecular formula is C9H13ClO3. The molecular weight excluding hydrogens is 192 g/mol. The van der Waals surface area contributed by atoms with Crippen LogP contribution in [0.4, 0.5) is 0 Å². The summed E-state index contributed by atoms with van der Waals surface area (Å²) in [5, 5.41) is 8.27. The first kappa shape index (κ1) is 10.5.